The van der Waals surface area contributed by atoms with E-state index in [9.17, 15) is 14.9 Å². The summed E-state index contributed by atoms with van der Waals surface area (Å²) in [6.07, 6.45) is 0.924. The van der Waals surface area contributed by atoms with E-state index in [1.165, 1.54) is 6.92 Å². The first-order valence-electron chi connectivity index (χ1n) is 11.7. The van der Waals surface area contributed by atoms with E-state index in [-0.39, 0.29) is 33.5 Å². The maximum Gasteiger partial charge on any atom is 0.162 e. The second-order valence-electron chi connectivity index (χ2n) is 10.1. The lowest BCUT2D eigenvalue weighted by Crippen LogP contribution is -2.42. The lowest BCUT2D eigenvalue weighted by atomic mass is 9.68. The molecule has 0 amide bonds. The van der Waals surface area contributed by atoms with Crippen LogP contribution in [-0.4, -0.2) is 16.6 Å². The molecule has 0 fully saturated rings. The predicted octanol–water partition coefficient (Wildman–Crippen LogP) is 6.03. The summed E-state index contributed by atoms with van der Waals surface area (Å²) in [5, 5.41) is 11.4. The average Bonchev–Trinajstić information content (AvgIpc) is 2.82. The summed E-state index contributed by atoms with van der Waals surface area (Å²) in [4.78, 5) is 31.9. The fourth-order valence-corrected chi connectivity index (χ4v) is 5.53. The number of aromatic nitrogens is 1. The van der Waals surface area contributed by atoms with Gasteiger partial charge in [-0.1, -0.05) is 43.6 Å². The Morgan fingerprint density at radius 1 is 1.17 bits per heavy atom. The molecule has 3 aromatic rings. The number of ketones is 2. The van der Waals surface area contributed by atoms with Gasteiger partial charge >= 0.3 is 0 Å². The number of anilines is 1. The first-order valence-corrected chi connectivity index (χ1v) is 12.1. The van der Waals surface area contributed by atoms with Crippen LogP contribution in [-0.2, 0) is 4.79 Å². The van der Waals surface area contributed by atoms with Crippen molar-refractivity contribution in [1.82, 2.24) is 4.98 Å². The summed E-state index contributed by atoms with van der Waals surface area (Å²) in [7, 11) is 0. The maximum absolute atomic E-state index is 13.7. The highest BCUT2D eigenvalue weighted by Crippen LogP contribution is 2.51. The van der Waals surface area contributed by atoms with Crippen molar-refractivity contribution in [1.29, 1.82) is 5.26 Å². The molecular weight excluding hydrogens is 472 g/mol. The van der Waals surface area contributed by atoms with Crippen LogP contribution in [0.3, 0.4) is 0 Å². The maximum atomic E-state index is 13.7. The minimum absolute atomic E-state index is 0.0407. The largest absolute Gasteiger partial charge is 0.384 e. The Balaban J connectivity index is 1.77. The number of nitriles is 1. The number of para-hydroxylation sites is 1. The molecule has 1 aromatic heterocycles. The van der Waals surface area contributed by atoms with Crippen LogP contribution >= 0.6 is 11.6 Å². The number of pyridine rings is 1. The van der Waals surface area contributed by atoms with E-state index in [2.05, 4.69) is 11.1 Å². The summed E-state index contributed by atoms with van der Waals surface area (Å²) in [6.45, 7) is 5.60. The molecule has 1 atom stereocenters. The Kier molecular flexibility index (Phi) is 5.69. The number of halogens is 1. The zero-order valence-corrected chi connectivity index (χ0v) is 21.1. The molecular formula is C29H25ClN4O2. The number of carbonyl (C=O) groups is 2. The van der Waals surface area contributed by atoms with Crippen molar-refractivity contribution in [2.45, 2.75) is 39.5 Å². The second-order valence-corrected chi connectivity index (χ2v) is 10.5. The summed E-state index contributed by atoms with van der Waals surface area (Å²) < 4.78 is 0. The highest BCUT2D eigenvalue weighted by atomic mass is 35.5. The van der Waals surface area contributed by atoms with Crippen molar-refractivity contribution in [3.05, 3.63) is 93.5 Å². The average molecular weight is 497 g/mol. The van der Waals surface area contributed by atoms with Gasteiger partial charge in [-0.15, -0.1) is 0 Å². The van der Waals surface area contributed by atoms with Gasteiger partial charge in [0.1, 0.15) is 11.0 Å². The molecule has 6 nitrogen and oxygen atoms in total. The minimum atomic E-state index is -0.717. The predicted molar refractivity (Wildman–Crippen MR) is 140 cm³/mol. The van der Waals surface area contributed by atoms with E-state index in [0.717, 1.165) is 16.6 Å². The molecule has 180 valence electrons. The number of benzene rings is 2. The Labute approximate surface area is 214 Å². The first-order chi connectivity index (χ1) is 17.1. The van der Waals surface area contributed by atoms with E-state index in [1.807, 2.05) is 44.2 Å². The number of fused-ring (bicyclic) bond motifs is 1. The number of carbonyl (C=O) groups excluding carboxylic acids is 2. The Hall–Kier alpha value is -3.95. The van der Waals surface area contributed by atoms with E-state index in [1.54, 1.807) is 29.2 Å². The standard InChI is InChI=1S/C29H25ClN4O2/c1-16(35)17-8-10-19(11-9-17)34-23-13-29(2,3)14-24(36)26(23)25(21(15-31)28(34)32)20-12-18-6-4-5-7-22(18)33-27(20)30/h4-12,25H,13-14,32H2,1-3H3. The molecule has 1 unspecified atom stereocenters. The van der Waals surface area contributed by atoms with E-state index in [0.29, 0.717) is 35.2 Å². The van der Waals surface area contributed by atoms with Crippen LogP contribution in [0.25, 0.3) is 10.9 Å². The van der Waals surface area contributed by atoms with Crippen LogP contribution in [0.5, 0.6) is 0 Å². The van der Waals surface area contributed by atoms with E-state index >= 15 is 0 Å². The number of allylic oxidation sites excluding steroid dienone is 3. The first kappa shape index (κ1) is 23.8. The smallest absolute Gasteiger partial charge is 0.162 e. The Morgan fingerprint density at radius 2 is 1.86 bits per heavy atom. The second kappa shape index (κ2) is 8.61. The molecule has 5 rings (SSSR count). The molecule has 2 heterocycles. The zero-order valence-electron chi connectivity index (χ0n) is 20.3. The SMILES string of the molecule is CC(=O)c1ccc(N2C(N)=C(C#N)C(c3cc4ccccc4nc3Cl)C3=C2CC(C)(C)CC3=O)cc1. The molecule has 1 aliphatic carbocycles. The fraction of sp³-hybridized carbons (Fsp3) is 0.241. The van der Waals surface area contributed by atoms with Gasteiger partial charge < -0.3 is 5.73 Å². The molecule has 7 heteroatoms. The van der Waals surface area contributed by atoms with E-state index in [4.69, 9.17) is 17.3 Å². The monoisotopic (exact) mass is 496 g/mol. The topological polar surface area (TPSA) is 100 Å². The molecule has 0 saturated carbocycles. The third-order valence-corrected chi connectivity index (χ3v) is 7.23. The molecule has 2 N–H and O–H groups in total. The molecule has 0 radical (unpaired) electrons. The number of hydrogen-bond acceptors (Lipinski definition) is 6. The van der Waals surface area contributed by atoms with E-state index < -0.39 is 5.92 Å². The number of Topliss-reactive ketones (excluding diaryl/α,β-unsaturated/α-hetero) is 2. The van der Waals surface area contributed by atoms with Gasteiger partial charge in [0.25, 0.3) is 0 Å². The Morgan fingerprint density at radius 3 is 2.53 bits per heavy atom. The van der Waals surface area contributed by atoms with Gasteiger partial charge in [-0.2, -0.15) is 5.26 Å². The lowest BCUT2D eigenvalue weighted by Gasteiger charge is -2.43. The number of rotatable bonds is 3. The van der Waals surface area contributed by atoms with Crippen molar-refractivity contribution in [3.8, 4) is 6.07 Å². The normalized spacial score (nSPS) is 19.4. The third-order valence-electron chi connectivity index (χ3n) is 6.93. The van der Waals surface area contributed by atoms with Crippen LogP contribution in [0.1, 0.15) is 55.5 Å². The summed E-state index contributed by atoms with van der Waals surface area (Å²) in [6, 6.07) is 18.8. The van der Waals surface area contributed by atoms with Crippen LogP contribution in [0.2, 0.25) is 5.15 Å². The molecule has 0 spiro atoms. The van der Waals surface area contributed by atoms with Crippen LogP contribution < -0.4 is 10.6 Å². The van der Waals surface area contributed by atoms with Crippen molar-refractivity contribution in [2.75, 3.05) is 4.90 Å². The van der Waals surface area contributed by atoms with Gasteiger partial charge in [0, 0.05) is 39.9 Å². The van der Waals surface area contributed by atoms with Gasteiger partial charge in [-0.3, -0.25) is 14.5 Å². The van der Waals surface area contributed by atoms with Gasteiger partial charge in [0.15, 0.2) is 11.6 Å². The lowest BCUT2D eigenvalue weighted by molar-refractivity contribution is -0.118. The molecule has 36 heavy (non-hydrogen) atoms. The molecule has 0 bridgehead atoms. The van der Waals surface area contributed by atoms with Gasteiger partial charge in [0.05, 0.1) is 23.1 Å². The van der Waals surface area contributed by atoms with Crippen molar-refractivity contribution >= 4 is 39.8 Å². The molecule has 2 aromatic carbocycles. The van der Waals surface area contributed by atoms with Gasteiger partial charge in [-0.05, 0) is 55.2 Å². The highest BCUT2D eigenvalue weighted by Gasteiger charge is 2.45. The van der Waals surface area contributed by atoms with Crippen molar-refractivity contribution in [3.63, 3.8) is 0 Å². The fourth-order valence-electron chi connectivity index (χ4n) is 5.27. The van der Waals surface area contributed by atoms with Crippen LogP contribution in [0.15, 0.2) is 77.3 Å². The quantitative estimate of drug-likeness (QED) is 0.351. The number of nitrogens with two attached hydrogens (primary N) is 1. The minimum Gasteiger partial charge on any atom is -0.384 e. The van der Waals surface area contributed by atoms with Gasteiger partial charge in [-0.25, -0.2) is 4.98 Å². The zero-order chi connectivity index (χ0) is 25.8. The van der Waals surface area contributed by atoms with Crippen molar-refractivity contribution in [2.24, 2.45) is 11.1 Å². The number of hydrogen-bond donors (Lipinski definition) is 1. The third kappa shape index (κ3) is 3.86. The molecule has 1 aliphatic heterocycles. The van der Waals surface area contributed by atoms with Crippen LogP contribution in [0, 0.1) is 16.7 Å². The highest BCUT2D eigenvalue weighted by molar-refractivity contribution is 6.31. The van der Waals surface area contributed by atoms with Crippen molar-refractivity contribution < 1.29 is 9.59 Å². The summed E-state index contributed by atoms with van der Waals surface area (Å²) in [5.74, 6) is -0.563. The Bertz CT molecular complexity index is 1540. The van der Waals surface area contributed by atoms with Crippen LogP contribution in [0.4, 0.5) is 5.69 Å². The summed E-state index contributed by atoms with van der Waals surface area (Å²) >= 11 is 6.68. The molecule has 0 saturated heterocycles. The van der Waals surface area contributed by atoms with Gasteiger partial charge in [0.2, 0.25) is 0 Å². The number of nitrogens with zero attached hydrogens (tertiary/aromatic N) is 3. The summed E-state index contributed by atoms with van der Waals surface area (Å²) in [5.41, 5.74) is 10.5. The molecule has 2 aliphatic rings.